The van der Waals surface area contributed by atoms with Gasteiger partial charge in [-0.15, -0.1) is 0 Å². The zero-order valence-corrected chi connectivity index (χ0v) is 13.6. The fourth-order valence-electron chi connectivity index (χ4n) is 2.91. The largest absolute Gasteiger partial charge is 0.363 e. The fourth-order valence-corrected chi connectivity index (χ4v) is 2.91. The number of hydrogen-bond acceptors (Lipinski definition) is 4. The predicted molar refractivity (Wildman–Crippen MR) is 93.3 cm³/mol. The molecule has 1 atom stereocenters. The lowest BCUT2D eigenvalue weighted by atomic mass is 10.1. The highest BCUT2D eigenvalue weighted by Crippen LogP contribution is 2.25. The van der Waals surface area contributed by atoms with Crippen molar-refractivity contribution in [2.75, 3.05) is 5.32 Å². The normalized spacial score (nSPS) is 12.4. The fraction of sp³-hybridized carbons (Fsp3) is 0.167. The average molecular weight is 318 g/mol. The molecule has 0 saturated carbocycles. The van der Waals surface area contributed by atoms with Crippen LogP contribution in [0.5, 0.6) is 0 Å². The Balaban J connectivity index is 1.72. The first kappa shape index (κ1) is 14.4. The molecule has 1 aromatic carbocycles. The molecule has 0 bridgehead atoms. The van der Waals surface area contributed by atoms with Crippen LogP contribution < -0.4 is 5.32 Å². The summed E-state index contributed by atoms with van der Waals surface area (Å²) >= 11 is 0. The van der Waals surface area contributed by atoms with Crippen molar-refractivity contribution in [2.24, 2.45) is 0 Å². The molecular weight excluding hydrogens is 300 g/mol. The first-order valence-corrected chi connectivity index (χ1v) is 7.89. The van der Waals surface area contributed by atoms with Crippen LogP contribution in [0.4, 0.5) is 5.82 Å². The summed E-state index contributed by atoms with van der Waals surface area (Å²) in [5, 5.41) is 12.3. The van der Waals surface area contributed by atoms with Crippen LogP contribution >= 0.6 is 0 Å². The van der Waals surface area contributed by atoms with Crippen molar-refractivity contribution in [1.29, 1.82) is 0 Å². The van der Waals surface area contributed by atoms with Gasteiger partial charge < -0.3 is 5.32 Å². The Kier molecular flexibility index (Phi) is 3.49. The van der Waals surface area contributed by atoms with Gasteiger partial charge in [-0.2, -0.15) is 14.7 Å². The molecule has 0 unspecified atom stereocenters. The SMILES string of the molecule is Cc1cc(N[C@@H](C)c2ccccc2-n2cccn2)n2nccc2n1. The van der Waals surface area contributed by atoms with E-state index in [4.69, 9.17) is 0 Å². The van der Waals surface area contributed by atoms with Crippen LogP contribution in [-0.2, 0) is 0 Å². The number of fused-ring (bicyclic) bond motifs is 1. The predicted octanol–water partition coefficient (Wildman–Crippen LogP) is 3.40. The molecule has 6 nitrogen and oxygen atoms in total. The van der Waals surface area contributed by atoms with Crippen molar-refractivity contribution in [3.05, 3.63) is 72.3 Å². The van der Waals surface area contributed by atoms with E-state index >= 15 is 0 Å². The van der Waals surface area contributed by atoms with Gasteiger partial charge in [-0.05, 0) is 31.5 Å². The van der Waals surface area contributed by atoms with Gasteiger partial charge in [0, 0.05) is 30.2 Å². The smallest absolute Gasteiger partial charge is 0.157 e. The topological polar surface area (TPSA) is 60.0 Å². The zero-order valence-electron chi connectivity index (χ0n) is 13.6. The third kappa shape index (κ3) is 2.52. The highest BCUT2D eigenvalue weighted by Gasteiger charge is 2.14. The number of anilines is 1. The quantitative estimate of drug-likeness (QED) is 0.626. The van der Waals surface area contributed by atoms with Gasteiger partial charge in [0.05, 0.1) is 17.9 Å². The molecule has 0 fully saturated rings. The van der Waals surface area contributed by atoms with Crippen molar-refractivity contribution < 1.29 is 0 Å². The lowest BCUT2D eigenvalue weighted by molar-refractivity contribution is 0.801. The molecule has 0 aliphatic heterocycles. The standard InChI is InChI=1S/C18H18N6/c1-13-12-18(24-17(21-13)8-10-20-24)22-14(2)15-6-3-4-7-16(15)23-11-5-9-19-23/h3-12,14,22H,1-2H3/t14-/m0/s1. The lowest BCUT2D eigenvalue weighted by Gasteiger charge is -2.19. The van der Waals surface area contributed by atoms with E-state index in [-0.39, 0.29) is 6.04 Å². The molecule has 0 spiro atoms. The number of aromatic nitrogens is 5. The van der Waals surface area contributed by atoms with E-state index in [0.29, 0.717) is 0 Å². The number of nitrogens with zero attached hydrogens (tertiary/aromatic N) is 5. The van der Waals surface area contributed by atoms with E-state index < -0.39 is 0 Å². The maximum Gasteiger partial charge on any atom is 0.157 e. The summed E-state index contributed by atoms with van der Waals surface area (Å²) < 4.78 is 3.70. The summed E-state index contributed by atoms with van der Waals surface area (Å²) in [6.07, 6.45) is 5.50. The van der Waals surface area contributed by atoms with Crippen LogP contribution in [0.1, 0.15) is 24.2 Å². The van der Waals surface area contributed by atoms with E-state index in [2.05, 4.69) is 39.6 Å². The van der Waals surface area contributed by atoms with E-state index in [0.717, 1.165) is 28.4 Å². The number of aryl methyl sites for hydroxylation is 1. The van der Waals surface area contributed by atoms with Crippen LogP contribution in [0.2, 0.25) is 0 Å². The Labute approximate surface area is 139 Å². The summed E-state index contributed by atoms with van der Waals surface area (Å²) in [5.41, 5.74) is 4.02. The molecule has 1 N–H and O–H groups in total. The number of rotatable bonds is 4. The minimum absolute atomic E-state index is 0.0830. The van der Waals surface area contributed by atoms with Gasteiger partial charge in [0.25, 0.3) is 0 Å². The van der Waals surface area contributed by atoms with E-state index in [1.54, 1.807) is 12.4 Å². The molecule has 4 rings (SSSR count). The van der Waals surface area contributed by atoms with E-state index in [1.165, 1.54) is 0 Å². The Bertz CT molecular complexity index is 970. The van der Waals surface area contributed by atoms with Crippen molar-refractivity contribution in [1.82, 2.24) is 24.4 Å². The number of nitrogens with one attached hydrogen (secondary N) is 1. The molecule has 120 valence electrons. The summed E-state index contributed by atoms with van der Waals surface area (Å²) in [7, 11) is 0. The first-order chi connectivity index (χ1) is 11.7. The van der Waals surface area contributed by atoms with Crippen LogP contribution in [0, 0.1) is 6.92 Å². The van der Waals surface area contributed by atoms with Gasteiger partial charge in [0.1, 0.15) is 5.82 Å². The van der Waals surface area contributed by atoms with Crippen LogP contribution in [-0.4, -0.2) is 24.4 Å². The van der Waals surface area contributed by atoms with E-state index in [9.17, 15) is 0 Å². The number of benzene rings is 1. The monoisotopic (exact) mass is 318 g/mol. The molecule has 0 amide bonds. The van der Waals surface area contributed by atoms with Gasteiger partial charge >= 0.3 is 0 Å². The minimum atomic E-state index is 0.0830. The van der Waals surface area contributed by atoms with Crippen LogP contribution in [0.25, 0.3) is 11.3 Å². The summed E-state index contributed by atoms with van der Waals surface area (Å²) in [6.45, 7) is 4.12. The Morgan fingerprint density at radius 1 is 1.04 bits per heavy atom. The van der Waals surface area contributed by atoms with Gasteiger partial charge in [-0.25, -0.2) is 9.67 Å². The van der Waals surface area contributed by atoms with Crippen molar-refractivity contribution in [2.45, 2.75) is 19.9 Å². The average Bonchev–Trinajstić information content (AvgIpc) is 3.26. The van der Waals surface area contributed by atoms with Crippen LogP contribution in [0.3, 0.4) is 0 Å². The molecule has 0 saturated heterocycles. The molecule has 0 aliphatic carbocycles. The van der Waals surface area contributed by atoms with Crippen molar-refractivity contribution in [3.63, 3.8) is 0 Å². The van der Waals surface area contributed by atoms with E-state index in [1.807, 2.05) is 52.6 Å². The molecule has 6 heteroatoms. The number of hydrogen-bond donors (Lipinski definition) is 1. The highest BCUT2D eigenvalue weighted by molar-refractivity contribution is 5.52. The molecule has 3 aromatic heterocycles. The molecule has 0 radical (unpaired) electrons. The Morgan fingerprint density at radius 3 is 2.75 bits per heavy atom. The Morgan fingerprint density at radius 2 is 1.92 bits per heavy atom. The summed E-state index contributed by atoms with van der Waals surface area (Å²) in [4.78, 5) is 4.48. The van der Waals surface area contributed by atoms with Gasteiger partial charge in [-0.3, -0.25) is 0 Å². The summed E-state index contributed by atoms with van der Waals surface area (Å²) in [5.74, 6) is 0.922. The van der Waals surface area contributed by atoms with Gasteiger partial charge in [-0.1, -0.05) is 18.2 Å². The molecular formula is C18H18N6. The van der Waals surface area contributed by atoms with Crippen molar-refractivity contribution in [3.8, 4) is 5.69 Å². The molecule has 3 heterocycles. The number of para-hydroxylation sites is 1. The third-order valence-electron chi connectivity index (χ3n) is 4.01. The van der Waals surface area contributed by atoms with Gasteiger partial charge in [0.15, 0.2) is 5.65 Å². The second-order valence-electron chi connectivity index (χ2n) is 5.76. The second-order valence-corrected chi connectivity index (χ2v) is 5.76. The maximum absolute atomic E-state index is 4.48. The molecule has 0 aliphatic rings. The summed E-state index contributed by atoms with van der Waals surface area (Å²) in [6, 6.07) is 14.2. The highest BCUT2D eigenvalue weighted by atomic mass is 15.3. The molecule has 24 heavy (non-hydrogen) atoms. The van der Waals surface area contributed by atoms with Crippen molar-refractivity contribution >= 4 is 11.5 Å². The minimum Gasteiger partial charge on any atom is -0.363 e. The maximum atomic E-state index is 4.48. The lowest BCUT2D eigenvalue weighted by Crippen LogP contribution is -2.13. The van der Waals surface area contributed by atoms with Gasteiger partial charge in [0.2, 0.25) is 0 Å². The molecule has 4 aromatic rings. The zero-order chi connectivity index (χ0) is 16.5. The first-order valence-electron chi connectivity index (χ1n) is 7.89. The van der Waals surface area contributed by atoms with Crippen LogP contribution in [0.15, 0.2) is 61.1 Å². The Hall–Kier alpha value is -3.15. The third-order valence-corrected chi connectivity index (χ3v) is 4.01. The second kappa shape index (κ2) is 5.81.